The molecule has 1 heterocycles. The van der Waals surface area contributed by atoms with Crippen molar-refractivity contribution < 1.29 is 9.53 Å². The maximum Gasteiger partial charge on any atom is 0.307 e. The molecule has 1 aromatic carbocycles. The molecule has 0 spiro atoms. The highest BCUT2D eigenvalue weighted by Gasteiger charge is 2.61. The van der Waals surface area contributed by atoms with Crippen LogP contribution in [0.4, 0.5) is 5.69 Å². The van der Waals surface area contributed by atoms with Gasteiger partial charge in [-0.25, -0.2) is 0 Å². The fourth-order valence-corrected chi connectivity index (χ4v) is 6.50. The van der Waals surface area contributed by atoms with Gasteiger partial charge in [-0.15, -0.1) is 11.8 Å². The molecule has 2 bridgehead atoms. The zero-order valence-corrected chi connectivity index (χ0v) is 17.1. The molecule has 1 aromatic rings. The number of fused-ring (bicyclic) bond motifs is 2. The normalized spacial score (nSPS) is 32.0. The van der Waals surface area contributed by atoms with Gasteiger partial charge in [-0.1, -0.05) is 51.2 Å². The number of para-hydroxylation sites is 1. The quantitative estimate of drug-likeness (QED) is 0.569. The number of benzene rings is 1. The summed E-state index contributed by atoms with van der Waals surface area (Å²) in [5, 5.41) is 3.86. The molecule has 2 aliphatic carbocycles. The van der Waals surface area contributed by atoms with E-state index < -0.39 is 0 Å². The van der Waals surface area contributed by atoms with E-state index in [1.807, 2.05) is 6.07 Å². The van der Waals surface area contributed by atoms with Gasteiger partial charge in [0.05, 0.1) is 15.9 Å². The summed E-state index contributed by atoms with van der Waals surface area (Å²) in [4.78, 5) is 11.4. The van der Waals surface area contributed by atoms with Crippen LogP contribution in [0.3, 0.4) is 0 Å². The van der Waals surface area contributed by atoms with Crippen molar-refractivity contribution >= 4 is 39.8 Å². The van der Waals surface area contributed by atoms with E-state index in [2.05, 4.69) is 50.4 Å². The number of ether oxygens (including phenoxy) is 1. The van der Waals surface area contributed by atoms with Gasteiger partial charge in [-0.05, 0) is 36.3 Å². The summed E-state index contributed by atoms with van der Waals surface area (Å²) in [5.74, 6) is 0.360. The Morgan fingerprint density at radius 2 is 2.00 bits per heavy atom. The minimum atomic E-state index is -0.109. The smallest absolute Gasteiger partial charge is 0.307 e. The first-order chi connectivity index (χ1) is 12.3. The Morgan fingerprint density at radius 1 is 1.27 bits per heavy atom. The largest absolute Gasteiger partial charge is 0.464 e. The van der Waals surface area contributed by atoms with Crippen molar-refractivity contribution in [2.45, 2.75) is 45.3 Å². The molecule has 0 aromatic heterocycles. The third-order valence-electron chi connectivity index (χ3n) is 6.76. The lowest BCUT2D eigenvalue weighted by Gasteiger charge is -2.37. The fraction of sp³-hybridized carbons (Fsp3) is 0.524. The van der Waals surface area contributed by atoms with Gasteiger partial charge in [0.2, 0.25) is 0 Å². The molecule has 1 aliphatic heterocycles. The second-order valence-electron chi connectivity index (χ2n) is 8.34. The van der Waals surface area contributed by atoms with E-state index in [1.54, 1.807) is 11.8 Å². The number of rotatable bonds is 4. The summed E-state index contributed by atoms with van der Waals surface area (Å²) in [5.41, 5.74) is 3.96. The Morgan fingerprint density at radius 3 is 2.65 bits per heavy atom. The standard InChI is InChI=1S/C21H25NO2S2/c1-20(2)15-9-10-21(20,3)18(22-13-7-5-4-6-8-13)17(15)19(25)26-14-11-16(23)24-12-14/h4-8,14-15,22H,9-12H2,1-3H3. The second-order valence-corrected chi connectivity index (χ2v) is 10.3. The van der Waals surface area contributed by atoms with E-state index in [0.717, 1.165) is 9.88 Å². The van der Waals surface area contributed by atoms with Crippen LogP contribution in [0.25, 0.3) is 0 Å². The Bertz CT molecular complexity index is 786. The molecule has 5 heteroatoms. The van der Waals surface area contributed by atoms with Crippen LogP contribution in [0.1, 0.15) is 40.0 Å². The molecule has 3 unspecified atom stereocenters. The van der Waals surface area contributed by atoms with Crippen LogP contribution in [0, 0.1) is 16.7 Å². The van der Waals surface area contributed by atoms with Crippen LogP contribution in [0.5, 0.6) is 0 Å². The zero-order valence-electron chi connectivity index (χ0n) is 15.5. The lowest BCUT2D eigenvalue weighted by molar-refractivity contribution is -0.137. The summed E-state index contributed by atoms with van der Waals surface area (Å²) in [6.45, 7) is 7.60. The molecule has 2 fully saturated rings. The molecule has 1 saturated heterocycles. The highest BCUT2D eigenvalue weighted by Crippen LogP contribution is 2.68. The number of thiocarbonyl (C=S) groups is 1. The number of hydrogen-bond donors (Lipinski definition) is 1. The van der Waals surface area contributed by atoms with Gasteiger partial charge in [0.1, 0.15) is 6.61 Å². The summed E-state index contributed by atoms with van der Waals surface area (Å²) < 4.78 is 6.06. The predicted molar refractivity (Wildman–Crippen MR) is 111 cm³/mol. The van der Waals surface area contributed by atoms with Crippen molar-refractivity contribution in [3.8, 4) is 0 Å². The predicted octanol–water partition coefficient (Wildman–Crippen LogP) is 5.18. The Kier molecular flexibility index (Phi) is 4.43. The van der Waals surface area contributed by atoms with Crippen molar-refractivity contribution in [3.63, 3.8) is 0 Å². The molecular formula is C21H25NO2S2. The molecule has 3 nitrogen and oxygen atoms in total. The van der Waals surface area contributed by atoms with E-state index in [1.165, 1.54) is 24.1 Å². The number of esters is 1. The average molecular weight is 388 g/mol. The minimum Gasteiger partial charge on any atom is -0.464 e. The molecule has 4 rings (SSSR count). The molecule has 1 N–H and O–H groups in total. The summed E-state index contributed by atoms with van der Waals surface area (Å²) in [7, 11) is 0. The average Bonchev–Trinajstić information content (AvgIpc) is 3.15. The monoisotopic (exact) mass is 387 g/mol. The van der Waals surface area contributed by atoms with E-state index >= 15 is 0 Å². The third kappa shape index (κ3) is 2.71. The number of hydrogen-bond acceptors (Lipinski definition) is 5. The third-order valence-corrected chi connectivity index (χ3v) is 8.34. The number of allylic oxidation sites excluding steroid dienone is 1. The van der Waals surface area contributed by atoms with Crippen LogP contribution >= 0.6 is 24.0 Å². The summed E-state index contributed by atoms with van der Waals surface area (Å²) in [6, 6.07) is 10.3. The fourth-order valence-electron chi connectivity index (χ4n) is 4.82. The maximum atomic E-state index is 11.4. The number of nitrogens with one attached hydrogen (secondary N) is 1. The highest BCUT2D eigenvalue weighted by atomic mass is 32.2. The van der Waals surface area contributed by atoms with Crippen LogP contribution < -0.4 is 5.32 Å². The number of carbonyl (C=O) groups is 1. The van der Waals surface area contributed by atoms with Gasteiger partial charge in [0.25, 0.3) is 0 Å². The minimum absolute atomic E-state index is 0.0927. The first-order valence-electron chi connectivity index (χ1n) is 9.26. The zero-order chi connectivity index (χ0) is 18.5. The molecule has 138 valence electrons. The Hall–Kier alpha value is -1.33. The van der Waals surface area contributed by atoms with Crippen molar-refractivity contribution in [1.29, 1.82) is 0 Å². The van der Waals surface area contributed by atoms with Gasteiger partial charge in [-0.3, -0.25) is 4.79 Å². The first kappa shape index (κ1) is 18.1. The van der Waals surface area contributed by atoms with Gasteiger partial charge in [0, 0.05) is 22.4 Å². The number of carbonyl (C=O) groups excluding carboxylic acids is 1. The lowest BCUT2D eigenvalue weighted by Crippen LogP contribution is -2.32. The highest BCUT2D eigenvalue weighted by molar-refractivity contribution is 8.24. The van der Waals surface area contributed by atoms with E-state index in [-0.39, 0.29) is 22.0 Å². The molecule has 26 heavy (non-hydrogen) atoms. The summed E-state index contributed by atoms with van der Waals surface area (Å²) >= 11 is 7.55. The van der Waals surface area contributed by atoms with Crippen molar-refractivity contribution in [2.24, 2.45) is 16.7 Å². The molecule has 0 radical (unpaired) electrons. The Balaban J connectivity index is 1.68. The van der Waals surface area contributed by atoms with Gasteiger partial charge < -0.3 is 10.1 Å². The van der Waals surface area contributed by atoms with Crippen LogP contribution in [0.15, 0.2) is 41.6 Å². The van der Waals surface area contributed by atoms with Crippen molar-refractivity contribution in [2.75, 3.05) is 11.9 Å². The summed E-state index contributed by atoms with van der Waals surface area (Å²) in [6.07, 6.45) is 2.83. The van der Waals surface area contributed by atoms with Crippen LogP contribution in [-0.4, -0.2) is 22.0 Å². The van der Waals surface area contributed by atoms with E-state index in [0.29, 0.717) is 18.9 Å². The number of anilines is 1. The first-order valence-corrected chi connectivity index (χ1v) is 10.5. The molecule has 3 aliphatic rings. The Labute approximate surface area is 165 Å². The van der Waals surface area contributed by atoms with Crippen LogP contribution in [0.2, 0.25) is 0 Å². The molecule has 0 amide bonds. The van der Waals surface area contributed by atoms with Gasteiger partial charge in [0.15, 0.2) is 0 Å². The second kappa shape index (κ2) is 6.38. The maximum absolute atomic E-state index is 11.4. The van der Waals surface area contributed by atoms with Gasteiger partial charge >= 0.3 is 5.97 Å². The molecule has 1 saturated carbocycles. The topological polar surface area (TPSA) is 38.3 Å². The van der Waals surface area contributed by atoms with E-state index in [4.69, 9.17) is 17.0 Å². The lowest BCUT2D eigenvalue weighted by atomic mass is 9.69. The van der Waals surface area contributed by atoms with Crippen molar-refractivity contribution in [1.82, 2.24) is 0 Å². The van der Waals surface area contributed by atoms with Gasteiger partial charge in [-0.2, -0.15) is 0 Å². The van der Waals surface area contributed by atoms with E-state index in [9.17, 15) is 4.79 Å². The molecule has 3 atom stereocenters. The van der Waals surface area contributed by atoms with Crippen molar-refractivity contribution in [3.05, 3.63) is 41.6 Å². The number of thioether (sulfide) groups is 1. The molecular weight excluding hydrogens is 362 g/mol. The van der Waals surface area contributed by atoms with Crippen LogP contribution in [-0.2, 0) is 9.53 Å². The number of cyclic esters (lactones) is 1. The SMILES string of the molecule is CC12CCC(C(C(=S)SC3COC(=O)C3)=C1Nc1ccccc1)C2(C)C.